The lowest BCUT2D eigenvalue weighted by molar-refractivity contribution is -0.704. The van der Waals surface area contributed by atoms with Gasteiger partial charge in [0.05, 0.1) is 10.9 Å². The van der Waals surface area contributed by atoms with Crippen molar-refractivity contribution < 1.29 is 31.9 Å². The second-order valence-electron chi connectivity index (χ2n) is 6.25. The number of rotatable bonds is 6. The van der Waals surface area contributed by atoms with E-state index < -0.39 is 28.9 Å². The molecule has 0 fully saturated rings. The van der Waals surface area contributed by atoms with E-state index in [4.69, 9.17) is 4.52 Å². The van der Waals surface area contributed by atoms with Crippen molar-refractivity contribution in [2.45, 2.75) is 30.5 Å². The molecule has 3 rings (SSSR count). The Morgan fingerprint density at radius 1 is 1.20 bits per heavy atom. The molecule has 1 aromatic heterocycles. The number of H-pyrrole nitrogens is 1. The maximum Gasteiger partial charge on any atom is 0.573 e. The highest BCUT2D eigenvalue weighted by atomic mass is 32.2. The third-order valence-electron chi connectivity index (χ3n) is 3.93. The zero-order valence-corrected chi connectivity index (χ0v) is 16.6. The molecule has 3 aromatic rings. The zero-order chi connectivity index (χ0) is 21.9. The number of benzene rings is 2. The van der Waals surface area contributed by atoms with Crippen LogP contribution in [0.1, 0.15) is 12.5 Å². The molecule has 0 saturated heterocycles. The minimum atomic E-state index is -4.90. The Morgan fingerprint density at radius 3 is 2.53 bits per heavy atom. The number of alkyl halides is 3. The van der Waals surface area contributed by atoms with Crippen LogP contribution in [0.25, 0.3) is 5.69 Å². The van der Waals surface area contributed by atoms with E-state index in [2.05, 4.69) is 15.3 Å². The molecule has 1 heterocycles. The first-order valence-electron chi connectivity index (χ1n) is 8.67. The van der Waals surface area contributed by atoms with E-state index in [9.17, 15) is 22.8 Å². The van der Waals surface area contributed by atoms with Crippen molar-refractivity contribution in [2.24, 2.45) is 0 Å². The van der Waals surface area contributed by atoms with E-state index in [1.807, 2.05) is 19.1 Å². The molecule has 30 heavy (non-hydrogen) atoms. The molecule has 7 nitrogen and oxygen atoms in total. The standard InChI is InChI=1S/C19H16F3N3O4S/c1-11-7-9-13(10-8-11)25-17(18(27)29-24-25)30-12(2)16(26)23-14-5-3-4-6-15(14)28-19(20,21)22/h3-10,12H,1-2H3,(H-,23,24,26,27)/p+1. The third-order valence-corrected chi connectivity index (χ3v) is 5.07. The Labute approximate surface area is 172 Å². The van der Waals surface area contributed by atoms with Crippen LogP contribution in [-0.4, -0.2) is 22.8 Å². The Morgan fingerprint density at radius 2 is 1.87 bits per heavy atom. The quantitative estimate of drug-likeness (QED) is 0.452. The number of carbonyl (C=O) groups excluding carboxylic acids is 1. The van der Waals surface area contributed by atoms with Gasteiger partial charge in [-0.2, -0.15) is 0 Å². The van der Waals surface area contributed by atoms with Crippen LogP contribution in [0.15, 0.2) is 62.9 Å². The molecule has 0 radical (unpaired) electrons. The first kappa shape index (κ1) is 21.5. The second kappa shape index (κ2) is 8.66. The first-order chi connectivity index (χ1) is 14.1. The summed E-state index contributed by atoms with van der Waals surface area (Å²) in [5, 5.41) is 4.14. The lowest BCUT2D eigenvalue weighted by Gasteiger charge is -2.15. The number of hydrogen-bond acceptors (Lipinski definition) is 5. The van der Waals surface area contributed by atoms with Crippen molar-refractivity contribution in [3.63, 3.8) is 0 Å². The number of ether oxygens (including phenoxy) is 1. The Hall–Kier alpha value is -3.21. The smallest absolute Gasteiger partial charge is 0.404 e. The van der Waals surface area contributed by atoms with Gasteiger partial charge in [0.2, 0.25) is 11.6 Å². The van der Waals surface area contributed by atoms with Crippen LogP contribution in [0.5, 0.6) is 5.75 Å². The lowest BCUT2D eigenvalue weighted by atomic mass is 10.2. The Balaban J connectivity index is 1.77. The molecule has 0 aliphatic rings. The monoisotopic (exact) mass is 440 g/mol. The Bertz CT molecular complexity index is 1090. The topological polar surface area (TPSA) is 88.2 Å². The lowest BCUT2D eigenvalue weighted by Crippen LogP contribution is -2.37. The molecule has 1 unspecified atom stereocenters. The number of halogens is 3. The van der Waals surface area contributed by atoms with Gasteiger partial charge < -0.3 is 10.1 Å². The molecule has 0 aliphatic heterocycles. The van der Waals surface area contributed by atoms with Crippen molar-refractivity contribution in [3.8, 4) is 11.4 Å². The number of thioether (sulfide) groups is 1. The summed E-state index contributed by atoms with van der Waals surface area (Å²) in [4.78, 5) is 24.6. The van der Waals surface area contributed by atoms with Crippen molar-refractivity contribution >= 4 is 23.4 Å². The fraction of sp³-hybridized carbons (Fsp3) is 0.211. The van der Waals surface area contributed by atoms with Crippen LogP contribution in [-0.2, 0) is 4.79 Å². The van der Waals surface area contributed by atoms with E-state index in [-0.39, 0.29) is 10.7 Å². The molecular weight excluding hydrogens is 423 g/mol. The van der Waals surface area contributed by atoms with Gasteiger partial charge in [0.1, 0.15) is 0 Å². The average Bonchev–Trinajstić information content (AvgIpc) is 3.03. The van der Waals surface area contributed by atoms with Gasteiger partial charge in [-0.3, -0.25) is 9.32 Å². The van der Waals surface area contributed by atoms with Gasteiger partial charge >= 0.3 is 17.0 Å². The SMILES string of the molecule is Cc1ccc(-[n+]2[nH]oc(=O)c2SC(C)C(=O)Nc2ccccc2OC(F)(F)F)cc1. The molecule has 0 spiro atoms. The molecule has 11 heteroatoms. The number of aromatic nitrogens is 2. The van der Waals surface area contributed by atoms with Crippen LogP contribution in [0.3, 0.4) is 0 Å². The minimum Gasteiger partial charge on any atom is -0.404 e. The number of amides is 1. The van der Waals surface area contributed by atoms with E-state index in [0.29, 0.717) is 5.69 Å². The maximum absolute atomic E-state index is 12.6. The summed E-state index contributed by atoms with van der Waals surface area (Å²) in [7, 11) is 0. The molecule has 0 bridgehead atoms. The summed E-state index contributed by atoms with van der Waals surface area (Å²) in [6.45, 7) is 3.42. The van der Waals surface area contributed by atoms with Crippen molar-refractivity contribution in [3.05, 3.63) is 64.5 Å². The normalized spacial score (nSPS) is 12.4. The fourth-order valence-corrected chi connectivity index (χ4v) is 3.35. The summed E-state index contributed by atoms with van der Waals surface area (Å²) < 4.78 is 47.8. The van der Waals surface area contributed by atoms with Gasteiger partial charge in [0.25, 0.3) is 0 Å². The zero-order valence-electron chi connectivity index (χ0n) is 15.8. The van der Waals surface area contributed by atoms with Gasteiger partial charge in [-0.25, -0.2) is 4.79 Å². The van der Waals surface area contributed by atoms with Crippen LogP contribution in [0.4, 0.5) is 18.9 Å². The largest absolute Gasteiger partial charge is 0.573 e. The van der Waals surface area contributed by atoms with Gasteiger partial charge in [0, 0.05) is 12.1 Å². The second-order valence-corrected chi connectivity index (χ2v) is 7.58. The molecule has 0 saturated carbocycles. The molecule has 1 amide bonds. The number of aryl methyl sites for hydroxylation is 1. The maximum atomic E-state index is 12.6. The average molecular weight is 440 g/mol. The molecule has 2 N–H and O–H groups in total. The van der Waals surface area contributed by atoms with Crippen LogP contribution in [0, 0.1) is 6.92 Å². The van der Waals surface area contributed by atoms with Gasteiger partial charge in [-0.15, -0.1) is 13.2 Å². The van der Waals surface area contributed by atoms with Crippen molar-refractivity contribution in [2.75, 3.05) is 5.32 Å². The number of carbonyl (C=O) groups is 1. The molecular formula is C19H17F3N3O4S+. The number of anilines is 1. The fourth-order valence-electron chi connectivity index (χ4n) is 2.47. The predicted molar refractivity (Wildman–Crippen MR) is 103 cm³/mol. The number of hydrogen-bond donors (Lipinski definition) is 2. The summed E-state index contributed by atoms with van der Waals surface area (Å²) in [5.41, 5.74) is 0.818. The van der Waals surface area contributed by atoms with Crippen LogP contribution >= 0.6 is 11.8 Å². The first-order valence-corrected chi connectivity index (χ1v) is 9.55. The Kier molecular flexibility index (Phi) is 6.20. The van der Waals surface area contributed by atoms with E-state index in [1.54, 1.807) is 12.1 Å². The number of nitrogens with zero attached hydrogens (tertiary/aromatic N) is 1. The number of aromatic amines is 1. The molecule has 2 aromatic carbocycles. The summed E-state index contributed by atoms with van der Waals surface area (Å²) in [6.07, 6.45) is -4.90. The van der Waals surface area contributed by atoms with Gasteiger partial charge in [-0.1, -0.05) is 29.8 Å². The highest BCUT2D eigenvalue weighted by molar-refractivity contribution is 8.00. The molecule has 0 aliphatic carbocycles. The van der Waals surface area contributed by atoms with Crippen LogP contribution in [0.2, 0.25) is 0 Å². The predicted octanol–water partition coefficient (Wildman–Crippen LogP) is 3.57. The minimum absolute atomic E-state index is 0.112. The molecule has 158 valence electrons. The number of nitrogens with one attached hydrogen (secondary N) is 2. The van der Waals surface area contributed by atoms with E-state index in [1.165, 1.54) is 29.8 Å². The van der Waals surface area contributed by atoms with Gasteiger partial charge in [-0.05, 0) is 47.7 Å². The van der Waals surface area contributed by atoms with Crippen molar-refractivity contribution in [1.29, 1.82) is 0 Å². The van der Waals surface area contributed by atoms with E-state index in [0.717, 1.165) is 23.4 Å². The summed E-state index contributed by atoms with van der Waals surface area (Å²) >= 11 is 0.899. The van der Waals surface area contributed by atoms with Gasteiger partial charge in [0.15, 0.2) is 5.75 Å². The summed E-state index contributed by atoms with van der Waals surface area (Å²) in [6, 6.07) is 12.4. The number of para-hydroxylation sites is 2. The third kappa shape index (κ3) is 5.23. The summed E-state index contributed by atoms with van der Waals surface area (Å²) in [5.74, 6) is -1.15. The van der Waals surface area contributed by atoms with Crippen LogP contribution < -0.4 is 20.4 Å². The van der Waals surface area contributed by atoms with Crippen molar-refractivity contribution in [1.82, 2.24) is 5.27 Å². The highest BCUT2D eigenvalue weighted by Gasteiger charge is 2.33. The molecule has 1 atom stereocenters. The van der Waals surface area contributed by atoms with E-state index >= 15 is 0 Å². The highest BCUT2D eigenvalue weighted by Crippen LogP contribution is 2.30.